The second-order valence-corrected chi connectivity index (χ2v) is 6.23. The van der Waals surface area contributed by atoms with Crippen molar-refractivity contribution in [2.24, 2.45) is 0 Å². The molecule has 0 bridgehead atoms. The van der Waals surface area contributed by atoms with E-state index in [1.54, 1.807) is 13.3 Å². The van der Waals surface area contributed by atoms with Crippen molar-refractivity contribution in [1.82, 2.24) is 20.2 Å². The molecule has 1 saturated carbocycles. The van der Waals surface area contributed by atoms with Gasteiger partial charge in [-0.15, -0.1) is 0 Å². The van der Waals surface area contributed by atoms with Crippen LogP contribution in [0.5, 0.6) is 6.01 Å². The van der Waals surface area contributed by atoms with Crippen molar-refractivity contribution in [3.8, 4) is 6.01 Å². The van der Waals surface area contributed by atoms with Crippen LogP contribution in [0, 0.1) is 0 Å². The Morgan fingerprint density at radius 3 is 2.86 bits per heavy atom. The normalized spacial score (nSPS) is 22.8. The first kappa shape index (κ1) is 16.2. The van der Waals surface area contributed by atoms with Crippen molar-refractivity contribution >= 4 is 0 Å². The van der Waals surface area contributed by atoms with Gasteiger partial charge < -0.3 is 10.1 Å². The van der Waals surface area contributed by atoms with Gasteiger partial charge in [0.05, 0.1) is 12.8 Å². The summed E-state index contributed by atoms with van der Waals surface area (Å²) >= 11 is 0. The summed E-state index contributed by atoms with van der Waals surface area (Å²) in [6.45, 7) is 5.28. The van der Waals surface area contributed by atoms with Crippen molar-refractivity contribution < 1.29 is 4.74 Å². The van der Waals surface area contributed by atoms with Gasteiger partial charge in [0.25, 0.3) is 0 Å². The van der Waals surface area contributed by atoms with Gasteiger partial charge in [0.1, 0.15) is 0 Å². The predicted molar refractivity (Wildman–Crippen MR) is 84.4 cm³/mol. The van der Waals surface area contributed by atoms with E-state index in [9.17, 15) is 0 Å². The Kier molecular flexibility index (Phi) is 5.94. The highest BCUT2D eigenvalue weighted by molar-refractivity contribution is 5.06. The van der Waals surface area contributed by atoms with Crippen molar-refractivity contribution in [1.29, 1.82) is 0 Å². The summed E-state index contributed by atoms with van der Waals surface area (Å²) in [5.41, 5.74) is 1.01. The van der Waals surface area contributed by atoms with Crippen LogP contribution in [-0.2, 0) is 6.54 Å². The first-order valence-electron chi connectivity index (χ1n) is 7.92. The highest BCUT2D eigenvalue weighted by atomic mass is 16.5. The third-order valence-corrected chi connectivity index (χ3v) is 4.13. The van der Waals surface area contributed by atoms with Gasteiger partial charge in [-0.25, -0.2) is 4.98 Å². The number of hydrogen-bond donors (Lipinski definition) is 1. The quantitative estimate of drug-likeness (QED) is 0.871. The van der Waals surface area contributed by atoms with Crippen molar-refractivity contribution in [3.63, 3.8) is 0 Å². The van der Waals surface area contributed by atoms with Crippen LogP contribution in [0.3, 0.4) is 0 Å². The third-order valence-electron chi connectivity index (χ3n) is 4.13. The molecule has 1 aliphatic carbocycles. The Labute approximate surface area is 128 Å². The summed E-state index contributed by atoms with van der Waals surface area (Å²) in [5.74, 6) is 0. The smallest absolute Gasteiger partial charge is 0.316 e. The van der Waals surface area contributed by atoms with Crippen LogP contribution in [0.15, 0.2) is 12.3 Å². The molecule has 2 atom stereocenters. The number of hydrogen-bond acceptors (Lipinski definition) is 5. The van der Waals surface area contributed by atoms with E-state index in [0.717, 1.165) is 12.2 Å². The molecule has 1 aliphatic rings. The molecule has 0 spiro atoms. The van der Waals surface area contributed by atoms with E-state index in [1.807, 2.05) is 6.07 Å². The van der Waals surface area contributed by atoms with Crippen LogP contribution in [-0.4, -0.2) is 47.2 Å². The number of methoxy groups -OCH3 is 1. The van der Waals surface area contributed by atoms with Crippen LogP contribution >= 0.6 is 0 Å². The molecule has 0 amide bonds. The highest BCUT2D eigenvalue weighted by Crippen LogP contribution is 2.24. The molecular formula is C16H28N4O. The topological polar surface area (TPSA) is 50.3 Å². The summed E-state index contributed by atoms with van der Waals surface area (Å²) < 4.78 is 5.10. The van der Waals surface area contributed by atoms with Gasteiger partial charge in [0.15, 0.2) is 0 Å². The molecule has 118 valence electrons. The zero-order valence-electron chi connectivity index (χ0n) is 13.7. The summed E-state index contributed by atoms with van der Waals surface area (Å²) in [6.07, 6.45) is 6.93. The molecule has 1 aromatic heterocycles. The Morgan fingerprint density at radius 1 is 1.38 bits per heavy atom. The molecule has 5 heteroatoms. The van der Waals surface area contributed by atoms with Crippen LogP contribution in [0.25, 0.3) is 0 Å². The van der Waals surface area contributed by atoms with Crippen molar-refractivity contribution in [2.75, 3.05) is 14.2 Å². The largest absolute Gasteiger partial charge is 0.467 e. The first-order chi connectivity index (χ1) is 10.1. The average Bonchev–Trinajstić information content (AvgIpc) is 2.47. The number of nitrogens with one attached hydrogen (secondary N) is 1. The maximum atomic E-state index is 5.10. The molecule has 1 aromatic rings. The van der Waals surface area contributed by atoms with E-state index < -0.39 is 0 Å². The molecule has 1 N–H and O–H groups in total. The SMILES string of the molecule is COc1nccc(CN(C)C2CCCCC2NC(C)C)n1. The molecule has 1 heterocycles. The molecule has 5 nitrogen and oxygen atoms in total. The second kappa shape index (κ2) is 7.71. The lowest BCUT2D eigenvalue weighted by atomic mass is 9.89. The van der Waals surface area contributed by atoms with Gasteiger partial charge in [-0.1, -0.05) is 26.7 Å². The van der Waals surface area contributed by atoms with Gasteiger partial charge in [0, 0.05) is 30.9 Å². The fraction of sp³-hybridized carbons (Fsp3) is 0.750. The van der Waals surface area contributed by atoms with E-state index in [4.69, 9.17) is 4.74 Å². The minimum absolute atomic E-state index is 0.446. The van der Waals surface area contributed by atoms with Crippen molar-refractivity contribution in [3.05, 3.63) is 18.0 Å². The van der Waals surface area contributed by atoms with Gasteiger partial charge in [-0.3, -0.25) is 4.90 Å². The molecule has 0 aliphatic heterocycles. The number of ether oxygens (including phenoxy) is 1. The van der Waals surface area contributed by atoms with Gasteiger partial charge >= 0.3 is 6.01 Å². The highest BCUT2D eigenvalue weighted by Gasteiger charge is 2.28. The van der Waals surface area contributed by atoms with E-state index in [1.165, 1.54) is 25.7 Å². The molecule has 2 unspecified atom stereocenters. The predicted octanol–water partition coefficient (Wildman–Crippen LogP) is 2.23. The second-order valence-electron chi connectivity index (χ2n) is 6.23. The fourth-order valence-electron chi connectivity index (χ4n) is 3.20. The van der Waals surface area contributed by atoms with Crippen LogP contribution in [0.1, 0.15) is 45.2 Å². The fourth-order valence-corrected chi connectivity index (χ4v) is 3.20. The Morgan fingerprint density at radius 2 is 2.14 bits per heavy atom. The van der Waals surface area contributed by atoms with E-state index >= 15 is 0 Å². The van der Waals surface area contributed by atoms with Gasteiger partial charge in [-0.05, 0) is 26.0 Å². The van der Waals surface area contributed by atoms with E-state index in [0.29, 0.717) is 24.1 Å². The van der Waals surface area contributed by atoms with Gasteiger partial charge in [0.2, 0.25) is 0 Å². The van der Waals surface area contributed by atoms with Crippen LogP contribution in [0.2, 0.25) is 0 Å². The molecule has 0 saturated heterocycles. The molecule has 0 aromatic carbocycles. The monoisotopic (exact) mass is 292 g/mol. The number of rotatable bonds is 6. The zero-order chi connectivity index (χ0) is 15.2. The minimum atomic E-state index is 0.446. The molecule has 0 radical (unpaired) electrons. The maximum Gasteiger partial charge on any atom is 0.316 e. The maximum absolute atomic E-state index is 5.10. The van der Waals surface area contributed by atoms with Crippen molar-refractivity contribution in [2.45, 2.75) is 64.2 Å². The first-order valence-corrected chi connectivity index (χ1v) is 7.92. The summed E-state index contributed by atoms with van der Waals surface area (Å²) in [4.78, 5) is 10.9. The molecule has 2 rings (SSSR count). The lowest BCUT2D eigenvalue weighted by molar-refractivity contribution is 0.136. The lowest BCUT2D eigenvalue weighted by Crippen LogP contribution is -2.52. The number of aromatic nitrogens is 2. The van der Waals surface area contributed by atoms with Crippen LogP contribution < -0.4 is 10.1 Å². The van der Waals surface area contributed by atoms with Gasteiger partial charge in [-0.2, -0.15) is 4.98 Å². The number of nitrogens with zero attached hydrogens (tertiary/aromatic N) is 3. The Balaban J connectivity index is 2.00. The standard InChI is InChI=1S/C16H28N4O/c1-12(2)18-14-7-5-6-8-15(14)20(3)11-13-9-10-17-16(19-13)21-4/h9-10,12,14-15,18H,5-8,11H2,1-4H3. The summed E-state index contributed by atoms with van der Waals surface area (Å²) in [6, 6.07) is 4.09. The third kappa shape index (κ3) is 4.64. The summed E-state index contributed by atoms with van der Waals surface area (Å²) in [7, 11) is 3.80. The molecule has 1 fully saturated rings. The zero-order valence-corrected chi connectivity index (χ0v) is 13.7. The van der Waals surface area contributed by atoms with E-state index in [-0.39, 0.29) is 0 Å². The molecule has 21 heavy (non-hydrogen) atoms. The Hall–Kier alpha value is -1.20. The lowest BCUT2D eigenvalue weighted by Gasteiger charge is -2.39. The molecular weight excluding hydrogens is 264 g/mol. The van der Waals surface area contributed by atoms with E-state index in [2.05, 4.69) is 41.1 Å². The van der Waals surface area contributed by atoms with Crippen LogP contribution in [0.4, 0.5) is 0 Å². The minimum Gasteiger partial charge on any atom is -0.467 e. The Bertz CT molecular complexity index is 438. The average molecular weight is 292 g/mol. The number of likely N-dealkylation sites (N-methyl/N-ethyl adjacent to an activating group) is 1. The summed E-state index contributed by atoms with van der Waals surface area (Å²) in [5, 5.41) is 3.72.